The van der Waals surface area contributed by atoms with Crippen molar-refractivity contribution in [3.05, 3.63) is 29.3 Å². The first-order chi connectivity index (χ1) is 11.4. The zero-order valence-corrected chi connectivity index (χ0v) is 13.8. The second-order valence-corrected chi connectivity index (χ2v) is 6.64. The molecule has 126 valence electrons. The number of amides is 1. The van der Waals surface area contributed by atoms with Crippen LogP contribution in [0.15, 0.2) is 12.1 Å². The fourth-order valence-corrected chi connectivity index (χ4v) is 2.90. The molecule has 1 aromatic rings. The van der Waals surface area contributed by atoms with Crippen LogP contribution in [0.2, 0.25) is 0 Å². The van der Waals surface area contributed by atoms with E-state index in [0.717, 1.165) is 12.1 Å². The summed E-state index contributed by atoms with van der Waals surface area (Å²) in [6.07, 6.45) is -0.257. The van der Waals surface area contributed by atoms with Crippen LogP contribution in [0.5, 0.6) is 0 Å². The monoisotopic (exact) mass is 351 g/mol. The molecule has 2 fully saturated rings. The Morgan fingerprint density at radius 3 is 2.62 bits per heavy atom. The summed E-state index contributed by atoms with van der Waals surface area (Å²) in [5, 5.41) is 12.0. The Morgan fingerprint density at radius 1 is 1.50 bits per heavy atom. The van der Waals surface area contributed by atoms with Gasteiger partial charge in [-0.05, 0) is 31.9 Å². The van der Waals surface area contributed by atoms with Crippen molar-refractivity contribution < 1.29 is 18.3 Å². The van der Waals surface area contributed by atoms with Gasteiger partial charge in [0, 0.05) is 5.56 Å². The summed E-state index contributed by atoms with van der Waals surface area (Å²) in [7, 11) is 0. The first-order valence-corrected chi connectivity index (χ1v) is 7.90. The molecule has 1 aromatic carbocycles. The maximum absolute atomic E-state index is 14.4. The van der Waals surface area contributed by atoms with Crippen LogP contribution in [0.25, 0.3) is 0 Å². The van der Waals surface area contributed by atoms with Gasteiger partial charge < -0.3 is 10.1 Å². The Bertz CT molecular complexity index is 735. The molecule has 0 unspecified atom stereocenters. The van der Waals surface area contributed by atoms with Gasteiger partial charge in [0.1, 0.15) is 17.7 Å². The van der Waals surface area contributed by atoms with Crippen LogP contribution in [0.4, 0.5) is 19.3 Å². The summed E-state index contributed by atoms with van der Waals surface area (Å²) < 4.78 is 33.9. The van der Waals surface area contributed by atoms with Crippen molar-refractivity contribution in [3.8, 4) is 6.07 Å². The molecule has 8 heteroatoms. The van der Waals surface area contributed by atoms with Crippen molar-refractivity contribution in [1.29, 1.82) is 5.26 Å². The molecule has 1 saturated carbocycles. The van der Waals surface area contributed by atoms with E-state index in [-0.39, 0.29) is 17.8 Å². The van der Waals surface area contributed by atoms with Gasteiger partial charge in [0.05, 0.1) is 35.2 Å². The van der Waals surface area contributed by atoms with Gasteiger partial charge in [-0.25, -0.2) is 13.6 Å². The lowest BCUT2D eigenvalue weighted by Gasteiger charge is -2.16. The van der Waals surface area contributed by atoms with Crippen molar-refractivity contribution in [2.45, 2.75) is 31.3 Å². The number of carbonyl (C=O) groups excluding carboxylic acids is 1. The average Bonchev–Trinajstić information content (AvgIpc) is 3.20. The minimum atomic E-state index is -1.07. The van der Waals surface area contributed by atoms with Crippen molar-refractivity contribution >= 4 is 29.0 Å². The molecule has 0 spiro atoms. The number of thiocarbonyl (C=S) groups is 1. The van der Waals surface area contributed by atoms with E-state index in [0.29, 0.717) is 24.4 Å². The Balaban J connectivity index is 1.82. The standard InChI is InChI=1S/C16H15F2N3O2S/c1-9(24)20-6-11-7-21(15(22)23-11)10-4-12(17)14(13(18)5-10)16(8-19)2-3-16/h4-5,11H,2-3,6-7H2,1H3,(H,20,24)/t11-/m0/s1. The van der Waals surface area contributed by atoms with Crippen LogP contribution < -0.4 is 10.2 Å². The van der Waals surface area contributed by atoms with Crippen LogP contribution >= 0.6 is 12.2 Å². The van der Waals surface area contributed by atoms with E-state index in [4.69, 9.17) is 22.2 Å². The number of nitrogens with one attached hydrogen (secondary N) is 1. The molecule has 1 heterocycles. The number of benzene rings is 1. The summed E-state index contributed by atoms with van der Waals surface area (Å²) in [5.41, 5.74) is -1.20. The molecular weight excluding hydrogens is 336 g/mol. The molecule has 1 saturated heterocycles. The van der Waals surface area contributed by atoms with Gasteiger partial charge in [0.2, 0.25) is 0 Å². The summed E-state index contributed by atoms with van der Waals surface area (Å²) in [6.45, 7) is 2.20. The lowest BCUT2D eigenvalue weighted by Crippen LogP contribution is -2.32. The molecule has 0 radical (unpaired) electrons. The highest BCUT2D eigenvalue weighted by atomic mass is 32.1. The number of ether oxygens (including phenoxy) is 1. The second kappa shape index (κ2) is 5.98. The molecule has 1 aliphatic carbocycles. The fourth-order valence-electron chi connectivity index (χ4n) is 2.81. The predicted octanol–water partition coefficient (Wildman–Crippen LogP) is 2.78. The third kappa shape index (κ3) is 2.91. The Hall–Kier alpha value is -2.27. The van der Waals surface area contributed by atoms with Gasteiger partial charge in [-0.3, -0.25) is 4.90 Å². The maximum atomic E-state index is 14.4. The highest BCUT2D eigenvalue weighted by Gasteiger charge is 2.49. The highest BCUT2D eigenvalue weighted by molar-refractivity contribution is 7.80. The van der Waals surface area contributed by atoms with Crippen molar-refractivity contribution in [2.75, 3.05) is 18.0 Å². The number of halogens is 2. The fraction of sp³-hybridized carbons (Fsp3) is 0.438. The number of nitriles is 1. The summed E-state index contributed by atoms with van der Waals surface area (Å²) >= 11 is 4.89. The Labute approximate surface area is 143 Å². The number of hydrogen-bond acceptors (Lipinski definition) is 4. The second-order valence-electron chi connectivity index (χ2n) is 6.03. The number of rotatable bonds is 4. The summed E-state index contributed by atoms with van der Waals surface area (Å²) in [4.78, 5) is 13.7. The number of hydrogen-bond donors (Lipinski definition) is 1. The highest BCUT2D eigenvalue weighted by Crippen LogP contribution is 2.50. The molecule has 1 atom stereocenters. The van der Waals surface area contributed by atoms with E-state index in [1.54, 1.807) is 6.92 Å². The van der Waals surface area contributed by atoms with Crippen LogP contribution in [0.1, 0.15) is 25.3 Å². The number of anilines is 1. The van der Waals surface area contributed by atoms with Crippen LogP contribution in [-0.4, -0.2) is 30.3 Å². The lowest BCUT2D eigenvalue weighted by molar-refractivity contribution is 0.143. The van der Waals surface area contributed by atoms with E-state index in [2.05, 4.69) is 5.32 Å². The minimum absolute atomic E-state index is 0.0778. The summed E-state index contributed by atoms with van der Waals surface area (Å²) in [5.74, 6) is -1.62. The lowest BCUT2D eigenvalue weighted by atomic mass is 9.96. The van der Waals surface area contributed by atoms with Crippen LogP contribution in [0.3, 0.4) is 0 Å². The Kier molecular flexibility index (Phi) is 4.13. The smallest absolute Gasteiger partial charge is 0.414 e. The molecule has 24 heavy (non-hydrogen) atoms. The van der Waals surface area contributed by atoms with Gasteiger partial charge in [0.15, 0.2) is 0 Å². The topological polar surface area (TPSA) is 65.4 Å². The number of carbonyl (C=O) groups is 1. The molecule has 5 nitrogen and oxygen atoms in total. The van der Waals surface area contributed by atoms with E-state index in [1.165, 1.54) is 4.90 Å². The third-order valence-corrected chi connectivity index (χ3v) is 4.38. The number of cyclic esters (lactones) is 1. The third-order valence-electron chi connectivity index (χ3n) is 4.23. The van der Waals surface area contributed by atoms with Crippen molar-refractivity contribution in [3.63, 3.8) is 0 Å². The van der Waals surface area contributed by atoms with Crippen molar-refractivity contribution in [2.24, 2.45) is 0 Å². The first kappa shape index (κ1) is 16.6. The zero-order chi connectivity index (χ0) is 17.5. The van der Waals surface area contributed by atoms with Gasteiger partial charge >= 0.3 is 6.09 Å². The summed E-state index contributed by atoms with van der Waals surface area (Å²) in [6, 6.07) is 4.14. The molecular formula is C16H15F2N3O2S. The zero-order valence-electron chi connectivity index (χ0n) is 12.9. The van der Waals surface area contributed by atoms with E-state index in [9.17, 15) is 13.6 Å². The maximum Gasteiger partial charge on any atom is 0.414 e. The molecule has 0 bridgehead atoms. The van der Waals surface area contributed by atoms with E-state index >= 15 is 0 Å². The Morgan fingerprint density at radius 2 is 2.12 bits per heavy atom. The van der Waals surface area contributed by atoms with Gasteiger partial charge in [-0.2, -0.15) is 5.26 Å². The number of nitrogens with zero attached hydrogens (tertiary/aromatic N) is 2. The normalized spacial score (nSPS) is 21.2. The van der Waals surface area contributed by atoms with Gasteiger partial charge in [-0.1, -0.05) is 12.2 Å². The molecule has 1 N–H and O–H groups in total. The first-order valence-electron chi connectivity index (χ1n) is 7.49. The largest absolute Gasteiger partial charge is 0.442 e. The molecule has 1 amide bonds. The van der Waals surface area contributed by atoms with Gasteiger partial charge in [0.25, 0.3) is 0 Å². The van der Waals surface area contributed by atoms with E-state index < -0.39 is 29.2 Å². The molecule has 2 aliphatic rings. The molecule has 1 aliphatic heterocycles. The van der Waals surface area contributed by atoms with Crippen LogP contribution in [0, 0.1) is 23.0 Å². The average molecular weight is 351 g/mol. The predicted molar refractivity (Wildman–Crippen MR) is 86.8 cm³/mol. The SMILES string of the molecule is CC(=S)NC[C@H]1CN(c2cc(F)c(C3(C#N)CC3)c(F)c2)C(=O)O1. The molecule has 0 aromatic heterocycles. The van der Waals surface area contributed by atoms with Crippen molar-refractivity contribution in [1.82, 2.24) is 5.32 Å². The van der Waals surface area contributed by atoms with Crippen LogP contribution in [-0.2, 0) is 10.2 Å². The quantitative estimate of drug-likeness (QED) is 0.845. The van der Waals surface area contributed by atoms with E-state index in [1.807, 2.05) is 6.07 Å². The minimum Gasteiger partial charge on any atom is -0.442 e. The molecule has 3 rings (SSSR count). The van der Waals surface area contributed by atoms with Gasteiger partial charge in [-0.15, -0.1) is 0 Å².